The van der Waals surface area contributed by atoms with Crippen LogP contribution in [0.1, 0.15) is 24.2 Å². The van der Waals surface area contributed by atoms with Crippen LogP contribution >= 0.6 is 0 Å². The van der Waals surface area contributed by atoms with Crippen LogP contribution in [-0.2, 0) is 11.3 Å². The molecule has 4 aromatic rings. The Kier molecular flexibility index (Phi) is 5.24. The second-order valence-corrected chi connectivity index (χ2v) is 7.12. The van der Waals surface area contributed by atoms with Crippen LogP contribution in [-0.4, -0.2) is 49.3 Å². The van der Waals surface area contributed by atoms with E-state index < -0.39 is 11.5 Å². The molecular formula is C22H22N6O3. The molecule has 158 valence electrons. The molecule has 0 spiro atoms. The molecule has 0 bridgehead atoms. The fourth-order valence-electron chi connectivity index (χ4n) is 3.62. The van der Waals surface area contributed by atoms with Gasteiger partial charge in [-0.1, -0.05) is 12.1 Å². The van der Waals surface area contributed by atoms with Gasteiger partial charge in [-0.3, -0.25) is 19.0 Å². The molecular weight excluding hydrogens is 396 g/mol. The Labute approximate surface area is 177 Å². The number of rotatable bonds is 6. The Morgan fingerprint density at radius 3 is 2.58 bits per heavy atom. The molecule has 0 unspecified atom stereocenters. The van der Waals surface area contributed by atoms with Gasteiger partial charge in [0.1, 0.15) is 23.6 Å². The zero-order valence-electron chi connectivity index (χ0n) is 17.3. The highest BCUT2D eigenvalue weighted by atomic mass is 16.2. The minimum atomic E-state index is -0.856. The number of fused-ring (bicyclic) bond motifs is 2. The van der Waals surface area contributed by atoms with Crippen molar-refractivity contribution in [3.8, 4) is 11.4 Å². The summed E-state index contributed by atoms with van der Waals surface area (Å²) < 4.78 is 1.21. The van der Waals surface area contributed by atoms with E-state index in [-0.39, 0.29) is 18.0 Å². The summed E-state index contributed by atoms with van der Waals surface area (Å²) in [5.74, 6) is -0.489. The minimum absolute atomic E-state index is 0.191. The highest BCUT2D eigenvalue weighted by molar-refractivity contribution is 5.96. The number of likely N-dealkylation sites (N-methyl/N-ethyl adjacent to an activating group) is 1. The summed E-state index contributed by atoms with van der Waals surface area (Å²) in [7, 11) is 0. The highest BCUT2D eigenvalue weighted by Crippen LogP contribution is 2.23. The second kappa shape index (κ2) is 8.02. The van der Waals surface area contributed by atoms with Gasteiger partial charge in [-0.25, -0.2) is 9.97 Å². The Morgan fingerprint density at radius 1 is 1.16 bits per heavy atom. The van der Waals surface area contributed by atoms with E-state index in [4.69, 9.17) is 5.73 Å². The minimum Gasteiger partial charge on any atom is -0.365 e. The number of aromatic amines is 1. The van der Waals surface area contributed by atoms with E-state index >= 15 is 0 Å². The molecule has 1 aromatic carbocycles. The maximum absolute atomic E-state index is 12.9. The number of nitrogens with one attached hydrogen (secondary N) is 1. The van der Waals surface area contributed by atoms with Crippen molar-refractivity contribution in [2.45, 2.75) is 20.4 Å². The summed E-state index contributed by atoms with van der Waals surface area (Å²) in [5.41, 5.74) is 7.28. The van der Waals surface area contributed by atoms with Crippen LogP contribution in [0.2, 0.25) is 0 Å². The molecule has 0 fully saturated rings. The van der Waals surface area contributed by atoms with Crippen molar-refractivity contribution in [3.05, 3.63) is 58.5 Å². The molecule has 3 aromatic heterocycles. The number of hydrogen-bond donors (Lipinski definition) is 2. The first kappa shape index (κ1) is 20.3. The third-order valence-electron chi connectivity index (χ3n) is 5.26. The first-order valence-electron chi connectivity index (χ1n) is 9.99. The van der Waals surface area contributed by atoms with E-state index in [1.54, 1.807) is 17.2 Å². The third kappa shape index (κ3) is 3.65. The number of nitrogens with two attached hydrogens (primary N) is 1. The van der Waals surface area contributed by atoms with Crippen LogP contribution in [0.5, 0.6) is 0 Å². The first-order valence-corrected chi connectivity index (χ1v) is 9.99. The molecule has 0 aliphatic carbocycles. The highest BCUT2D eigenvalue weighted by Gasteiger charge is 2.19. The summed E-state index contributed by atoms with van der Waals surface area (Å²) in [6.45, 7) is 4.53. The molecule has 9 heteroatoms. The summed E-state index contributed by atoms with van der Waals surface area (Å²) in [6, 6.07) is 10.8. The predicted octanol–water partition coefficient (Wildman–Crippen LogP) is 1.91. The number of benzene rings is 1. The molecule has 2 amide bonds. The van der Waals surface area contributed by atoms with E-state index in [1.165, 1.54) is 10.6 Å². The van der Waals surface area contributed by atoms with Gasteiger partial charge in [0, 0.05) is 30.2 Å². The van der Waals surface area contributed by atoms with Crippen LogP contribution < -0.4 is 11.3 Å². The van der Waals surface area contributed by atoms with E-state index in [1.807, 2.05) is 38.1 Å². The first-order chi connectivity index (χ1) is 14.9. The second-order valence-electron chi connectivity index (χ2n) is 7.12. The number of hydrogen-bond acceptors (Lipinski definition) is 5. The Balaban J connectivity index is 1.87. The molecule has 3 N–H and O–H groups in total. The van der Waals surface area contributed by atoms with E-state index in [0.717, 1.165) is 11.0 Å². The maximum atomic E-state index is 12.9. The molecule has 0 aliphatic heterocycles. The standard InChI is InChI=1S/C22H22N6O3/c1-3-27(4-2)18(29)12-28-21-13(10-15(19(23)30)22(28)31)9-14(11-24-21)20-25-16-7-5-6-8-17(16)26-20/h5-11H,3-4,12H2,1-2H3,(H2,23,30)(H,25,26). The lowest BCUT2D eigenvalue weighted by molar-refractivity contribution is -0.131. The molecule has 3 heterocycles. The number of primary amides is 1. The molecule has 0 atom stereocenters. The fourth-order valence-corrected chi connectivity index (χ4v) is 3.62. The number of pyridine rings is 2. The molecule has 0 radical (unpaired) electrons. The van der Waals surface area contributed by atoms with E-state index in [0.29, 0.717) is 35.5 Å². The number of imidazole rings is 1. The number of carbonyl (C=O) groups is 2. The van der Waals surface area contributed by atoms with Gasteiger partial charge >= 0.3 is 0 Å². The van der Waals surface area contributed by atoms with E-state index in [2.05, 4.69) is 15.0 Å². The van der Waals surface area contributed by atoms with E-state index in [9.17, 15) is 14.4 Å². The van der Waals surface area contributed by atoms with Crippen molar-refractivity contribution in [3.63, 3.8) is 0 Å². The van der Waals surface area contributed by atoms with Crippen molar-refractivity contribution < 1.29 is 9.59 Å². The summed E-state index contributed by atoms with van der Waals surface area (Å²) in [6.07, 6.45) is 1.59. The monoisotopic (exact) mass is 418 g/mol. The molecule has 0 saturated carbocycles. The zero-order valence-corrected chi connectivity index (χ0v) is 17.3. The van der Waals surface area contributed by atoms with Gasteiger partial charge in [0.15, 0.2) is 0 Å². The van der Waals surface area contributed by atoms with Gasteiger partial charge in [-0.2, -0.15) is 0 Å². The van der Waals surface area contributed by atoms with Gasteiger partial charge in [0.2, 0.25) is 5.91 Å². The number of H-pyrrole nitrogens is 1. The van der Waals surface area contributed by atoms with Crippen LogP contribution in [0, 0.1) is 0 Å². The van der Waals surface area contributed by atoms with Crippen LogP contribution in [0.3, 0.4) is 0 Å². The fraction of sp³-hybridized carbons (Fsp3) is 0.227. The van der Waals surface area contributed by atoms with Gasteiger partial charge in [-0.05, 0) is 38.1 Å². The van der Waals surface area contributed by atoms with Gasteiger partial charge in [-0.15, -0.1) is 0 Å². The van der Waals surface area contributed by atoms with Crippen LogP contribution in [0.15, 0.2) is 47.4 Å². The van der Waals surface area contributed by atoms with Crippen LogP contribution in [0.25, 0.3) is 33.5 Å². The Bertz CT molecular complexity index is 1330. The lowest BCUT2D eigenvalue weighted by Gasteiger charge is -2.20. The molecule has 31 heavy (non-hydrogen) atoms. The van der Waals surface area contributed by atoms with Crippen molar-refractivity contribution in [2.75, 3.05) is 13.1 Å². The number of aromatic nitrogens is 4. The normalized spacial score (nSPS) is 11.2. The average molecular weight is 418 g/mol. The third-order valence-corrected chi connectivity index (χ3v) is 5.26. The van der Waals surface area contributed by atoms with Gasteiger partial charge in [0.05, 0.1) is 11.0 Å². The smallest absolute Gasteiger partial charge is 0.265 e. The largest absolute Gasteiger partial charge is 0.365 e. The van der Waals surface area contributed by atoms with Crippen LogP contribution in [0.4, 0.5) is 0 Å². The van der Waals surface area contributed by atoms with Gasteiger partial charge in [0.25, 0.3) is 11.5 Å². The Morgan fingerprint density at radius 2 is 1.90 bits per heavy atom. The SMILES string of the molecule is CCN(CC)C(=O)Cn1c(=O)c(C(N)=O)cc2cc(-c3nc4ccccc4[nH]3)cnc21. The predicted molar refractivity (Wildman–Crippen MR) is 118 cm³/mol. The summed E-state index contributed by atoms with van der Waals surface area (Å²) in [4.78, 5) is 51.2. The van der Waals surface area contributed by atoms with Crippen molar-refractivity contribution >= 4 is 33.9 Å². The Hall–Kier alpha value is -4.01. The number of nitrogens with zero attached hydrogens (tertiary/aromatic N) is 4. The zero-order chi connectivity index (χ0) is 22.1. The average Bonchev–Trinajstić information content (AvgIpc) is 3.20. The molecule has 4 rings (SSSR count). The van der Waals surface area contributed by atoms with Gasteiger partial charge < -0.3 is 15.6 Å². The van der Waals surface area contributed by atoms with Crippen molar-refractivity contribution in [1.29, 1.82) is 0 Å². The van der Waals surface area contributed by atoms with Crippen molar-refractivity contribution in [2.24, 2.45) is 5.73 Å². The number of para-hydroxylation sites is 2. The summed E-state index contributed by atoms with van der Waals surface area (Å²) >= 11 is 0. The maximum Gasteiger partial charge on any atom is 0.265 e. The number of amides is 2. The lowest BCUT2D eigenvalue weighted by Crippen LogP contribution is -2.38. The quantitative estimate of drug-likeness (QED) is 0.494. The van der Waals surface area contributed by atoms with Crippen molar-refractivity contribution in [1.82, 2.24) is 24.4 Å². The molecule has 0 saturated heterocycles. The molecule has 9 nitrogen and oxygen atoms in total. The lowest BCUT2D eigenvalue weighted by atomic mass is 10.1. The number of carbonyl (C=O) groups excluding carboxylic acids is 2. The topological polar surface area (TPSA) is 127 Å². The summed E-state index contributed by atoms with van der Waals surface area (Å²) in [5, 5.41) is 0.513. The molecule has 0 aliphatic rings.